The Hall–Kier alpha value is -4.52. The van der Waals surface area contributed by atoms with Crippen LogP contribution in [0.1, 0.15) is 50.2 Å². The van der Waals surface area contributed by atoms with Gasteiger partial charge in [-0.25, -0.2) is 4.98 Å². The van der Waals surface area contributed by atoms with E-state index in [0.717, 1.165) is 11.1 Å². The summed E-state index contributed by atoms with van der Waals surface area (Å²) in [6.07, 6.45) is -3.77. The topological polar surface area (TPSA) is 122 Å². The van der Waals surface area contributed by atoms with Gasteiger partial charge in [-0.05, 0) is 24.0 Å². The van der Waals surface area contributed by atoms with Gasteiger partial charge in [-0.2, -0.15) is 18.3 Å². The summed E-state index contributed by atoms with van der Waals surface area (Å²) in [5.74, 6) is -2.71. The third kappa shape index (κ3) is 7.14. The molecule has 1 fully saturated rings. The Morgan fingerprint density at radius 3 is 2.28 bits per heavy atom. The highest BCUT2D eigenvalue weighted by atomic mass is 19.4. The number of fused-ring (bicyclic) bond motifs is 1. The van der Waals surface area contributed by atoms with Crippen LogP contribution in [0.2, 0.25) is 0 Å². The van der Waals surface area contributed by atoms with E-state index >= 15 is 0 Å². The van der Waals surface area contributed by atoms with E-state index in [2.05, 4.69) is 15.4 Å². The molecule has 1 saturated heterocycles. The molecular formula is C33H37F3N6O4. The van der Waals surface area contributed by atoms with Crippen LogP contribution in [-0.2, 0) is 29.7 Å². The zero-order chi connectivity index (χ0) is 33.2. The Morgan fingerprint density at radius 2 is 1.67 bits per heavy atom. The first-order valence-electron chi connectivity index (χ1n) is 15.2. The van der Waals surface area contributed by atoms with Crippen LogP contribution in [0.15, 0.2) is 65.7 Å². The molecule has 1 aliphatic rings. The van der Waals surface area contributed by atoms with Crippen molar-refractivity contribution in [2.24, 2.45) is 13.0 Å². The lowest BCUT2D eigenvalue weighted by Crippen LogP contribution is -2.50. The molecule has 5 rings (SSSR count). The van der Waals surface area contributed by atoms with Crippen LogP contribution in [-0.4, -0.2) is 66.0 Å². The average molecular weight is 639 g/mol. The summed E-state index contributed by atoms with van der Waals surface area (Å²) in [6.45, 7) is 4.06. The first kappa shape index (κ1) is 32.9. The molecule has 0 spiro atoms. The van der Waals surface area contributed by atoms with Crippen molar-refractivity contribution in [1.29, 1.82) is 0 Å². The van der Waals surface area contributed by atoms with E-state index in [9.17, 15) is 32.7 Å². The quantitative estimate of drug-likeness (QED) is 0.284. The second kappa shape index (κ2) is 13.1. The van der Waals surface area contributed by atoms with Gasteiger partial charge in [0.25, 0.3) is 5.56 Å². The van der Waals surface area contributed by atoms with Crippen molar-refractivity contribution in [3.63, 3.8) is 0 Å². The average Bonchev–Trinajstić information content (AvgIpc) is 3.36. The normalized spacial score (nSPS) is 15.7. The fraction of sp³-hybridized carbons (Fsp3) is 0.424. The maximum absolute atomic E-state index is 13.8. The largest absolute Gasteiger partial charge is 0.396 e. The minimum absolute atomic E-state index is 0.0286. The SMILES string of the molecule is CC(C)C(=O)NCc1ccc(-c2c3ncn(CC4(O)CCN(C(=O)CC(c5ccccc5)C(F)(F)F)CC4)c(=O)c3nn2C)cc1. The van der Waals surface area contributed by atoms with Gasteiger partial charge in [0.2, 0.25) is 11.8 Å². The number of alkyl halides is 3. The van der Waals surface area contributed by atoms with Crippen LogP contribution >= 0.6 is 0 Å². The van der Waals surface area contributed by atoms with E-state index in [0.29, 0.717) is 17.8 Å². The number of piperidine rings is 1. The van der Waals surface area contributed by atoms with Crippen molar-refractivity contribution in [2.45, 2.75) is 63.9 Å². The highest BCUT2D eigenvalue weighted by Gasteiger charge is 2.43. The summed E-state index contributed by atoms with van der Waals surface area (Å²) < 4.78 is 44.2. The van der Waals surface area contributed by atoms with Crippen LogP contribution in [0.3, 0.4) is 0 Å². The number of benzene rings is 2. The standard InChI is InChI=1S/C33H37F3N6O4/c1-21(2)30(44)37-18-22-9-11-24(12-10-22)29-27-28(39-40(29)3)31(45)42(20-38-27)19-32(46)13-15-41(16-14-32)26(43)17-25(33(34,35)36)23-7-5-4-6-8-23/h4-12,20-21,25,46H,13-19H2,1-3H3,(H,37,44). The number of carbonyl (C=O) groups is 2. The molecule has 0 saturated carbocycles. The number of aryl methyl sites for hydroxylation is 1. The molecule has 3 heterocycles. The third-order valence-corrected chi connectivity index (χ3v) is 8.52. The number of halogens is 3. The Bertz CT molecular complexity index is 1760. The van der Waals surface area contributed by atoms with E-state index in [1.807, 2.05) is 38.1 Å². The first-order chi connectivity index (χ1) is 21.8. The van der Waals surface area contributed by atoms with Gasteiger partial charge in [0, 0.05) is 44.6 Å². The number of nitrogens with one attached hydrogen (secondary N) is 1. The number of hydrogen-bond acceptors (Lipinski definition) is 6. The molecular weight excluding hydrogens is 601 g/mol. The molecule has 2 aromatic carbocycles. The molecule has 0 aliphatic carbocycles. The lowest BCUT2D eigenvalue weighted by Gasteiger charge is -2.39. The monoisotopic (exact) mass is 638 g/mol. The van der Waals surface area contributed by atoms with E-state index in [-0.39, 0.29) is 55.4 Å². The molecule has 2 aromatic heterocycles. The van der Waals surface area contributed by atoms with E-state index in [4.69, 9.17) is 0 Å². The highest BCUT2D eigenvalue weighted by molar-refractivity contribution is 5.89. The van der Waals surface area contributed by atoms with Gasteiger partial charge in [0.05, 0.1) is 30.1 Å². The summed E-state index contributed by atoms with van der Waals surface area (Å²) in [5.41, 5.74) is 1.08. The molecule has 46 heavy (non-hydrogen) atoms. The second-order valence-corrected chi connectivity index (χ2v) is 12.2. The van der Waals surface area contributed by atoms with Crippen molar-refractivity contribution < 1.29 is 27.9 Å². The van der Waals surface area contributed by atoms with Crippen molar-refractivity contribution in [2.75, 3.05) is 13.1 Å². The van der Waals surface area contributed by atoms with E-state index < -0.39 is 35.6 Å². The van der Waals surface area contributed by atoms with Crippen molar-refractivity contribution in [3.05, 3.63) is 82.4 Å². The number of rotatable bonds is 9. The van der Waals surface area contributed by atoms with Crippen LogP contribution in [0.25, 0.3) is 22.3 Å². The van der Waals surface area contributed by atoms with Gasteiger partial charge in [0.1, 0.15) is 5.52 Å². The smallest absolute Gasteiger partial charge is 0.388 e. The number of aromatic nitrogens is 4. The Balaban J connectivity index is 1.26. The number of amides is 2. The molecule has 2 N–H and O–H groups in total. The van der Waals surface area contributed by atoms with Crippen molar-refractivity contribution >= 4 is 22.8 Å². The lowest BCUT2D eigenvalue weighted by atomic mass is 9.90. The van der Waals surface area contributed by atoms with E-state index in [1.54, 1.807) is 17.8 Å². The van der Waals surface area contributed by atoms with Crippen LogP contribution in [0, 0.1) is 5.92 Å². The molecule has 10 nitrogen and oxygen atoms in total. The summed E-state index contributed by atoms with van der Waals surface area (Å²) in [4.78, 5) is 44.1. The maximum Gasteiger partial charge on any atom is 0.396 e. The molecule has 2 amide bonds. The highest BCUT2D eigenvalue weighted by Crippen LogP contribution is 2.38. The van der Waals surface area contributed by atoms with Gasteiger partial charge < -0.3 is 15.3 Å². The summed E-state index contributed by atoms with van der Waals surface area (Å²) >= 11 is 0. The molecule has 1 aliphatic heterocycles. The van der Waals surface area contributed by atoms with Gasteiger partial charge >= 0.3 is 6.18 Å². The maximum atomic E-state index is 13.8. The van der Waals surface area contributed by atoms with Crippen molar-refractivity contribution in [3.8, 4) is 11.3 Å². The van der Waals surface area contributed by atoms with Gasteiger partial charge in [0.15, 0.2) is 5.52 Å². The van der Waals surface area contributed by atoms with E-state index in [1.165, 1.54) is 40.1 Å². The summed E-state index contributed by atoms with van der Waals surface area (Å²) in [7, 11) is 1.71. The zero-order valence-electron chi connectivity index (χ0n) is 25.9. The minimum atomic E-state index is -4.58. The van der Waals surface area contributed by atoms with Gasteiger partial charge in [-0.3, -0.25) is 23.6 Å². The van der Waals surface area contributed by atoms with Gasteiger partial charge in [-0.1, -0.05) is 68.4 Å². The second-order valence-electron chi connectivity index (χ2n) is 12.2. The Morgan fingerprint density at radius 1 is 1.02 bits per heavy atom. The molecule has 13 heteroatoms. The van der Waals surface area contributed by atoms with Gasteiger partial charge in [-0.15, -0.1) is 0 Å². The third-order valence-electron chi connectivity index (χ3n) is 8.52. The number of nitrogens with zero attached hydrogens (tertiary/aromatic N) is 5. The first-order valence-corrected chi connectivity index (χ1v) is 15.2. The predicted octanol–water partition coefficient (Wildman–Crippen LogP) is 4.16. The zero-order valence-corrected chi connectivity index (χ0v) is 25.9. The number of likely N-dealkylation sites (tertiary alicyclic amines) is 1. The predicted molar refractivity (Wildman–Crippen MR) is 166 cm³/mol. The number of aliphatic hydroxyl groups is 1. The number of hydrogen-bond donors (Lipinski definition) is 2. The van der Waals surface area contributed by atoms with Crippen LogP contribution in [0.4, 0.5) is 13.2 Å². The minimum Gasteiger partial charge on any atom is -0.388 e. The van der Waals surface area contributed by atoms with Crippen molar-refractivity contribution in [1.82, 2.24) is 29.5 Å². The molecule has 1 atom stereocenters. The molecule has 0 bridgehead atoms. The van der Waals surface area contributed by atoms with Crippen LogP contribution < -0.4 is 10.9 Å². The molecule has 4 aromatic rings. The number of carbonyl (C=O) groups excluding carboxylic acids is 2. The molecule has 1 unspecified atom stereocenters. The Labute approximate surface area is 263 Å². The fourth-order valence-corrected chi connectivity index (χ4v) is 5.76. The molecule has 244 valence electrons. The Kier molecular flexibility index (Phi) is 9.34. The fourth-order valence-electron chi connectivity index (χ4n) is 5.76. The van der Waals surface area contributed by atoms with Crippen LogP contribution in [0.5, 0.6) is 0 Å². The summed E-state index contributed by atoms with van der Waals surface area (Å²) in [5, 5.41) is 18.6. The lowest BCUT2D eigenvalue weighted by molar-refractivity contribution is -0.162. The molecule has 0 radical (unpaired) electrons. The summed E-state index contributed by atoms with van der Waals surface area (Å²) in [6, 6.07) is 14.9.